The second-order valence-electron chi connectivity index (χ2n) is 4.97. The first-order valence-corrected chi connectivity index (χ1v) is 6.56. The van der Waals surface area contributed by atoms with Crippen molar-refractivity contribution in [2.75, 3.05) is 13.7 Å². The minimum absolute atomic E-state index is 0.208. The molecule has 5 nitrogen and oxygen atoms in total. The lowest BCUT2D eigenvalue weighted by molar-refractivity contribution is -0.123. The first-order valence-electron chi connectivity index (χ1n) is 6.56. The van der Waals surface area contributed by atoms with Crippen LogP contribution in [-0.4, -0.2) is 36.8 Å². The van der Waals surface area contributed by atoms with Crippen molar-refractivity contribution < 1.29 is 19.0 Å². The minimum Gasteiger partial charge on any atom is -0.496 e. The summed E-state index contributed by atoms with van der Waals surface area (Å²) in [4.78, 5) is 12.0. The second kappa shape index (κ2) is 6.19. The van der Waals surface area contributed by atoms with Gasteiger partial charge >= 0.3 is 0 Å². The molecule has 1 heterocycles. The van der Waals surface area contributed by atoms with Crippen molar-refractivity contribution >= 4 is 5.91 Å². The molecule has 110 valence electrons. The Morgan fingerprint density at radius 3 is 2.95 bits per heavy atom. The molecular weight excluding hydrogens is 263 g/mol. The highest BCUT2D eigenvalue weighted by Crippen LogP contribution is 2.26. The van der Waals surface area contributed by atoms with Crippen LogP contribution in [0.2, 0.25) is 0 Å². The molecular formula is C14H19FN2O3. The fourth-order valence-corrected chi connectivity index (χ4v) is 2.35. The zero-order valence-corrected chi connectivity index (χ0v) is 11.5. The maximum atomic E-state index is 13.3. The lowest BCUT2D eigenvalue weighted by atomic mass is 10.1. The van der Waals surface area contributed by atoms with Gasteiger partial charge in [0.15, 0.2) is 0 Å². The Hall–Kier alpha value is -1.66. The molecule has 0 aliphatic carbocycles. The molecule has 3 N–H and O–H groups in total. The lowest BCUT2D eigenvalue weighted by Crippen LogP contribution is -2.41. The quantitative estimate of drug-likeness (QED) is 0.761. The molecule has 1 aliphatic rings. The number of hydrogen-bond donors (Lipinski definition) is 3. The molecule has 0 radical (unpaired) electrons. The van der Waals surface area contributed by atoms with E-state index in [1.807, 2.05) is 0 Å². The van der Waals surface area contributed by atoms with Crippen LogP contribution in [0.5, 0.6) is 5.75 Å². The Balaban J connectivity index is 2.06. The van der Waals surface area contributed by atoms with Crippen LogP contribution in [0.3, 0.4) is 0 Å². The topological polar surface area (TPSA) is 70.6 Å². The zero-order valence-electron chi connectivity index (χ0n) is 11.5. The molecule has 20 heavy (non-hydrogen) atoms. The number of amides is 1. The number of carbonyl (C=O) groups excluding carboxylic acids is 1. The van der Waals surface area contributed by atoms with Crippen molar-refractivity contribution in [2.24, 2.45) is 0 Å². The standard InChI is InChI=1S/C14H19FN2O3/c1-8(11-5-9(15)3-4-13(11)20-2)17-14(19)12-6-10(18)7-16-12/h3-5,8,10,12,16,18H,6-7H2,1-2H3,(H,17,19). The Bertz CT molecular complexity index is 495. The van der Waals surface area contributed by atoms with Gasteiger partial charge in [-0.2, -0.15) is 0 Å². The van der Waals surface area contributed by atoms with E-state index in [1.54, 1.807) is 6.92 Å². The second-order valence-corrected chi connectivity index (χ2v) is 4.97. The molecule has 3 atom stereocenters. The van der Waals surface area contributed by atoms with Gasteiger partial charge in [0.05, 0.1) is 25.3 Å². The van der Waals surface area contributed by atoms with E-state index in [-0.39, 0.29) is 17.8 Å². The fraction of sp³-hybridized carbons (Fsp3) is 0.500. The van der Waals surface area contributed by atoms with Crippen LogP contribution in [0, 0.1) is 5.82 Å². The smallest absolute Gasteiger partial charge is 0.237 e. The molecule has 1 aromatic rings. The van der Waals surface area contributed by atoms with E-state index < -0.39 is 12.1 Å². The number of rotatable bonds is 4. The molecule has 0 spiro atoms. The highest BCUT2D eigenvalue weighted by atomic mass is 19.1. The van der Waals surface area contributed by atoms with Gasteiger partial charge in [0.25, 0.3) is 0 Å². The van der Waals surface area contributed by atoms with Crippen LogP contribution >= 0.6 is 0 Å². The highest BCUT2D eigenvalue weighted by Gasteiger charge is 2.29. The van der Waals surface area contributed by atoms with Crippen molar-refractivity contribution in [2.45, 2.75) is 31.5 Å². The fourth-order valence-electron chi connectivity index (χ4n) is 2.35. The number of hydrogen-bond acceptors (Lipinski definition) is 4. The van der Waals surface area contributed by atoms with Gasteiger partial charge in [-0.15, -0.1) is 0 Å². The molecule has 1 amide bonds. The van der Waals surface area contributed by atoms with E-state index in [1.165, 1.54) is 25.3 Å². The number of carbonyl (C=O) groups is 1. The van der Waals surface area contributed by atoms with Crippen LogP contribution in [0.1, 0.15) is 24.9 Å². The summed E-state index contributed by atoms with van der Waals surface area (Å²) in [6.07, 6.45) is -0.108. The predicted molar refractivity (Wildman–Crippen MR) is 71.9 cm³/mol. The Morgan fingerprint density at radius 1 is 1.60 bits per heavy atom. The van der Waals surface area contributed by atoms with E-state index in [4.69, 9.17) is 4.74 Å². The van der Waals surface area contributed by atoms with Gasteiger partial charge in [0.1, 0.15) is 11.6 Å². The molecule has 0 saturated carbocycles. The van der Waals surface area contributed by atoms with Crippen molar-refractivity contribution in [1.29, 1.82) is 0 Å². The first-order chi connectivity index (χ1) is 9.51. The first kappa shape index (κ1) is 14.7. The van der Waals surface area contributed by atoms with Crippen molar-refractivity contribution in [1.82, 2.24) is 10.6 Å². The summed E-state index contributed by atoms with van der Waals surface area (Å²) in [6.45, 7) is 2.18. The molecule has 1 saturated heterocycles. The average Bonchev–Trinajstić information content (AvgIpc) is 2.85. The lowest BCUT2D eigenvalue weighted by Gasteiger charge is -2.19. The SMILES string of the molecule is COc1ccc(F)cc1C(C)NC(=O)C1CC(O)CN1. The normalized spacial score (nSPS) is 23.4. The summed E-state index contributed by atoms with van der Waals surface area (Å²) < 4.78 is 18.5. The number of aliphatic hydroxyl groups is 1. The predicted octanol–water partition coefficient (Wildman–Crippen LogP) is 0.734. The number of aliphatic hydroxyl groups excluding tert-OH is 1. The van der Waals surface area contributed by atoms with E-state index in [9.17, 15) is 14.3 Å². The summed E-state index contributed by atoms with van der Waals surface area (Å²) in [5, 5.41) is 15.1. The number of ether oxygens (including phenoxy) is 1. The average molecular weight is 282 g/mol. The summed E-state index contributed by atoms with van der Waals surface area (Å²) in [6, 6.07) is 3.40. The number of benzene rings is 1. The molecule has 1 aliphatic heterocycles. The van der Waals surface area contributed by atoms with E-state index in [0.29, 0.717) is 24.3 Å². The summed E-state index contributed by atoms with van der Waals surface area (Å²) in [5.74, 6) is -0.0599. The largest absolute Gasteiger partial charge is 0.496 e. The molecule has 6 heteroatoms. The van der Waals surface area contributed by atoms with Gasteiger partial charge in [-0.25, -0.2) is 4.39 Å². The number of nitrogens with one attached hydrogen (secondary N) is 2. The Morgan fingerprint density at radius 2 is 2.35 bits per heavy atom. The van der Waals surface area contributed by atoms with E-state index in [2.05, 4.69) is 10.6 Å². The number of halogens is 1. The third-order valence-electron chi connectivity index (χ3n) is 3.44. The molecule has 1 aromatic carbocycles. The van der Waals surface area contributed by atoms with Gasteiger partial charge in [0, 0.05) is 12.1 Å². The summed E-state index contributed by atoms with van der Waals surface area (Å²) >= 11 is 0. The van der Waals surface area contributed by atoms with Crippen LogP contribution in [-0.2, 0) is 4.79 Å². The third kappa shape index (κ3) is 3.26. The van der Waals surface area contributed by atoms with Gasteiger partial charge < -0.3 is 20.5 Å². The van der Waals surface area contributed by atoms with Crippen LogP contribution in [0.15, 0.2) is 18.2 Å². The van der Waals surface area contributed by atoms with Crippen LogP contribution in [0.25, 0.3) is 0 Å². The monoisotopic (exact) mass is 282 g/mol. The van der Waals surface area contributed by atoms with Crippen molar-refractivity contribution in [3.63, 3.8) is 0 Å². The molecule has 0 aromatic heterocycles. The summed E-state index contributed by atoms with van der Waals surface area (Å²) in [7, 11) is 1.50. The Labute approximate surface area is 117 Å². The van der Waals surface area contributed by atoms with E-state index >= 15 is 0 Å². The Kier molecular flexibility index (Phi) is 4.57. The maximum Gasteiger partial charge on any atom is 0.237 e. The highest BCUT2D eigenvalue weighted by molar-refractivity contribution is 5.82. The molecule has 0 bridgehead atoms. The molecule has 1 fully saturated rings. The van der Waals surface area contributed by atoms with Crippen LogP contribution < -0.4 is 15.4 Å². The minimum atomic E-state index is -0.496. The maximum absolute atomic E-state index is 13.3. The van der Waals surface area contributed by atoms with Gasteiger partial charge in [-0.3, -0.25) is 4.79 Å². The van der Waals surface area contributed by atoms with Crippen molar-refractivity contribution in [3.8, 4) is 5.75 Å². The van der Waals surface area contributed by atoms with Crippen molar-refractivity contribution in [3.05, 3.63) is 29.6 Å². The van der Waals surface area contributed by atoms with Gasteiger partial charge in [-0.05, 0) is 31.5 Å². The third-order valence-corrected chi connectivity index (χ3v) is 3.44. The zero-order chi connectivity index (χ0) is 14.7. The van der Waals surface area contributed by atoms with Crippen LogP contribution in [0.4, 0.5) is 4.39 Å². The molecule has 3 unspecified atom stereocenters. The van der Waals surface area contributed by atoms with Gasteiger partial charge in [0.2, 0.25) is 5.91 Å². The molecule has 2 rings (SSSR count). The number of methoxy groups -OCH3 is 1. The van der Waals surface area contributed by atoms with Gasteiger partial charge in [-0.1, -0.05) is 0 Å². The van der Waals surface area contributed by atoms with E-state index in [0.717, 1.165) is 0 Å². The number of β-amino-alcohol motifs (C(OH)–C–C–N with tert-alkyl or cyclic N) is 1. The summed E-state index contributed by atoms with van der Waals surface area (Å²) in [5.41, 5.74) is 0.583.